The summed E-state index contributed by atoms with van der Waals surface area (Å²) >= 11 is 0. The molecule has 0 radical (unpaired) electrons. The molecule has 0 bridgehead atoms. The van der Waals surface area contributed by atoms with E-state index in [9.17, 15) is 15.2 Å². The lowest BCUT2D eigenvalue weighted by molar-refractivity contribution is -0.582. The Bertz CT molecular complexity index is 2310. The fourth-order valence-corrected chi connectivity index (χ4v) is 8.58. The first-order valence-electron chi connectivity index (χ1n) is 18.5. The highest BCUT2D eigenvalue weighted by Crippen LogP contribution is 2.46. The van der Waals surface area contributed by atoms with Crippen LogP contribution in [0.2, 0.25) is 13.1 Å². The van der Waals surface area contributed by atoms with Crippen molar-refractivity contribution >= 4 is 36.2 Å². The van der Waals surface area contributed by atoms with Crippen LogP contribution in [0.4, 0.5) is 18.9 Å². The van der Waals surface area contributed by atoms with Gasteiger partial charge in [-0.3, -0.25) is 4.85 Å². The minimum absolute atomic E-state index is 0.0638. The van der Waals surface area contributed by atoms with Gasteiger partial charge in [0.25, 0.3) is 0 Å². The lowest BCUT2D eigenvalue weighted by Gasteiger charge is -2.40. The van der Waals surface area contributed by atoms with Crippen LogP contribution in [0, 0.1) is 35.4 Å². The number of carbonyl (C=O) groups is 1. The van der Waals surface area contributed by atoms with E-state index in [4.69, 9.17) is 23.0 Å². The predicted molar refractivity (Wildman–Crippen MR) is 153 cm³/mol. The van der Waals surface area contributed by atoms with Crippen LogP contribution in [-0.2, 0) is 5.54 Å². The molecule has 6 rings (SSSR count). The number of allylic oxidation sites excluding steroid dienone is 5. The van der Waals surface area contributed by atoms with Gasteiger partial charge in [0.05, 0.1) is 12.3 Å². The maximum Gasteiger partial charge on any atom is 0.343 e. The molecular formula is C32H27F3N4O2Si. The third kappa shape index (κ3) is 3.82. The second-order valence-corrected chi connectivity index (χ2v) is 14.8. The number of nitriles is 1. The maximum absolute atomic E-state index is 17.0. The first-order chi connectivity index (χ1) is 24.5. The van der Waals surface area contributed by atoms with Crippen LogP contribution in [0.15, 0.2) is 47.2 Å². The number of anilines is 1. The van der Waals surface area contributed by atoms with E-state index in [1.807, 2.05) is 0 Å². The van der Waals surface area contributed by atoms with Gasteiger partial charge in [0.2, 0.25) is 0 Å². The van der Waals surface area contributed by atoms with Gasteiger partial charge < -0.3 is 14.8 Å². The number of hydrogen-bond acceptors (Lipinski definition) is 4. The molecule has 0 aromatic heterocycles. The molecule has 2 saturated heterocycles. The second kappa shape index (κ2) is 9.57. The van der Waals surface area contributed by atoms with Gasteiger partial charge in [-0.25, -0.2) is 24.3 Å². The number of aromatic carboxylic acids is 1. The topological polar surface area (TPSA) is 74.5 Å². The van der Waals surface area contributed by atoms with Crippen LogP contribution >= 0.6 is 0 Å². The fraction of sp³-hybridized carbons (Fsp3) is 0.312. The van der Waals surface area contributed by atoms with E-state index in [0.717, 1.165) is 19.1 Å². The Morgan fingerprint density at radius 1 is 1.19 bits per heavy atom. The first kappa shape index (κ1) is 16.9. The number of rotatable bonds is 4. The predicted octanol–water partition coefficient (Wildman–Crippen LogP) is 3.96. The zero-order valence-electron chi connectivity index (χ0n) is 34.2. The number of carboxylic acids is 1. The van der Waals surface area contributed by atoms with Crippen molar-refractivity contribution in [2.45, 2.75) is 38.3 Å². The number of carboxylic acid groups (broad SMARTS) is 1. The average Bonchev–Trinajstić information content (AvgIpc) is 3.06. The molecule has 3 aliphatic heterocycles. The van der Waals surface area contributed by atoms with Crippen LogP contribution in [0.3, 0.4) is 0 Å². The molecule has 0 spiro atoms. The summed E-state index contributed by atoms with van der Waals surface area (Å²) in [6.07, 6.45) is -2.43. The summed E-state index contributed by atoms with van der Waals surface area (Å²) in [4.78, 5) is 16.1. The molecule has 6 nitrogen and oxygen atoms in total. The zero-order valence-corrected chi connectivity index (χ0v) is 23.2. The number of carbonyl (C=O) groups excluding carboxylic acids is 1. The van der Waals surface area contributed by atoms with Crippen molar-refractivity contribution in [1.82, 2.24) is 0 Å². The highest BCUT2D eigenvalue weighted by Gasteiger charge is 2.47. The molecule has 1 aliphatic carbocycles. The Kier molecular flexibility index (Phi) is 3.85. The van der Waals surface area contributed by atoms with Gasteiger partial charge in [0.1, 0.15) is 37.9 Å². The van der Waals surface area contributed by atoms with Crippen LogP contribution in [-0.4, -0.2) is 50.3 Å². The summed E-state index contributed by atoms with van der Waals surface area (Å²) in [6.45, 7) is -0.0465. The van der Waals surface area contributed by atoms with Crippen LogP contribution in [0.5, 0.6) is 0 Å². The highest BCUT2D eigenvalue weighted by molar-refractivity contribution is 6.98. The van der Waals surface area contributed by atoms with Crippen molar-refractivity contribution in [2.75, 3.05) is 30.9 Å². The van der Waals surface area contributed by atoms with Crippen LogP contribution < -0.4 is 15.2 Å². The normalized spacial score (nSPS) is 31.3. The zero-order chi connectivity index (χ0) is 40.9. The van der Waals surface area contributed by atoms with E-state index in [-0.39, 0.29) is 32.9 Å². The van der Waals surface area contributed by atoms with Gasteiger partial charge in [-0.1, -0.05) is 19.2 Å². The molecule has 0 N–H and O–H groups in total. The first-order valence-corrected chi connectivity index (χ1v) is 15.5. The van der Waals surface area contributed by atoms with E-state index in [1.54, 1.807) is 13.1 Å². The average molecular weight is 597 g/mol. The van der Waals surface area contributed by atoms with Gasteiger partial charge in [-0.05, 0) is 51.7 Å². The standard InChI is InChI=1S/C32H27F3N4O2Si/c1-32(17-36,37-2)27-28(33)25(26(31(40)41)29(34)30(27)35)24-20-9-7-18(38-11-5-12-38)15-22(20)42(3,4)23-16-19(8-10-21(23)24)39-13-6-14-39/h7-10,15-16H,5-6,11-14H2,1,3-4H3/i5D2,6D2,11D2,12D2,13D2,14D2. The fourth-order valence-electron chi connectivity index (χ4n) is 5.51. The van der Waals surface area contributed by atoms with Crippen molar-refractivity contribution < 1.29 is 44.1 Å². The number of fused-ring (bicyclic) bond motifs is 2. The molecule has 10 heteroatoms. The van der Waals surface area contributed by atoms with Crippen molar-refractivity contribution in [2.24, 2.45) is 0 Å². The smallest absolute Gasteiger partial charge is 0.343 e. The molecule has 4 aliphatic rings. The highest BCUT2D eigenvalue weighted by atomic mass is 28.3. The maximum atomic E-state index is 17.0. The monoisotopic (exact) mass is 596 g/mol. The summed E-state index contributed by atoms with van der Waals surface area (Å²) in [5.74, 6) is -8.51. The van der Waals surface area contributed by atoms with E-state index in [0.29, 0.717) is 9.48 Å². The van der Waals surface area contributed by atoms with Crippen LogP contribution in [0.1, 0.15) is 63.2 Å². The third-order valence-electron chi connectivity index (χ3n) is 7.78. The molecule has 0 saturated carbocycles. The van der Waals surface area contributed by atoms with Gasteiger partial charge in [-0.15, -0.1) is 0 Å². The van der Waals surface area contributed by atoms with E-state index >= 15 is 13.2 Å². The Morgan fingerprint density at radius 2 is 1.90 bits per heavy atom. The Balaban J connectivity index is 1.78. The number of hydrogen-bond donors (Lipinski definition) is 0. The molecule has 1 unspecified atom stereocenters. The lowest BCUT2D eigenvalue weighted by atomic mass is 9.82. The number of benzene rings is 2. The largest absolute Gasteiger partial charge is 0.545 e. The van der Waals surface area contributed by atoms with Crippen molar-refractivity contribution in [3.8, 4) is 6.07 Å². The van der Waals surface area contributed by atoms with Crippen molar-refractivity contribution in [3.63, 3.8) is 0 Å². The Morgan fingerprint density at radius 3 is 2.55 bits per heavy atom. The SMILES string of the molecule is [2H]C1([2H])N(c2ccc3c(c2)[Si](C)(C)C2=CC(=[N+]4C([2H])([2H])C([2H])([2H])C4([2H])[2H])C=CC2=C3c2c(F)c(C(C)(C#N)[N+]#[C-])c(F)c(F)c2C(=O)[O-])C([2H])([2H])C1([2H])[2H]. The number of nitrogens with zero attached hydrogens (tertiary/aromatic N) is 4. The quantitative estimate of drug-likeness (QED) is 0.232. The second-order valence-electron chi connectivity index (χ2n) is 10.5. The Hall–Kier alpha value is -4.41. The van der Waals surface area contributed by atoms with Crippen LogP contribution in [0.25, 0.3) is 10.4 Å². The van der Waals surface area contributed by atoms with Crippen molar-refractivity contribution in [3.05, 3.63) is 98.3 Å². The summed E-state index contributed by atoms with van der Waals surface area (Å²) in [5, 5.41) is 22.6. The van der Waals surface area contributed by atoms with Gasteiger partial charge in [-0.2, -0.15) is 5.26 Å². The molecule has 2 aromatic carbocycles. The molecule has 1 atom stereocenters. The molecule has 212 valence electrons. The minimum Gasteiger partial charge on any atom is -0.545 e. The Labute approximate surface area is 259 Å². The lowest BCUT2D eigenvalue weighted by Crippen LogP contribution is -2.50. The van der Waals surface area contributed by atoms with E-state index < -0.39 is 98.0 Å². The van der Waals surface area contributed by atoms with Crippen molar-refractivity contribution in [1.29, 1.82) is 5.26 Å². The summed E-state index contributed by atoms with van der Waals surface area (Å²) in [7, 11) is -3.45. The van der Waals surface area contributed by atoms with E-state index in [1.165, 1.54) is 30.4 Å². The molecule has 3 heterocycles. The molecule has 42 heavy (non-hydrogen) atoms. The van der Waals surface area contributed by atoms with E-state index in [2.05, 4.69) is 4.85 Å². The van der Waals surface area contributed by atoms with Gasteiger partial charge >= 0.3 is 5.54 Å². The number of halogens is 3. The molecule has 0 amide bonds. The van der Waals surface area contributed by atoms with Gasteiger partial charge in [0, 0.05) is 59.8 Å². The summed E-state index contributed by atoms with van der Waals surface area (Å²) < 4.78 is 148. The summed E-state index contributed by atoms with van der Waals surface area (Å²) in [5.41, 5.74) is -7.97. The minimum atomic E-state index is -3.45. The molecular weight excluding hydrogens is 557 g/mol. The van der Waals surface area contributed by atoms with Gasteiger partial charge in [0.15, 0.2) is 23.4 Å². The molecule has 2 aromatic rings. The third-order valence-corrected chi connectivity index (χ3v) is 11.3. The molecule has 2 fully saturated rings. The summed E-state index contributed by atoms with van der Waals surface area (Å²) in [6, 6.07) is 4.99.